The average molecular weight is 634 g/mol. The molecular formula is C40H31N3O3S. The molecule has 0 aromatic heterocycles. The van der Waals surface area contributed by atoms with E-state index in [2.05, 4.69) is 10.6 Å². The maximum Gasteiger partial charge on any atom is 0.272 e. The van der Waals surface area contributed by atoms with E-state index in [4.69, 9.17) is 0 Å². The van der Waals surface area contributed by atoms with Crippen LogP contribution in [0, 0.1) is 0 Å². The third-order valence-corrected chi connectivity index (χ3v) is 8.40. The number of thioether (sulfide) groups is 1. The highest BCUT2D eigenvalue weighted by Gasteiger charge is 2.19. The lowest BCUT2D eigenvalue weighted by atomic mass is 10.0. The van der Waals surface area contributed by atoms with Gasteiger partial charge in [-0.05, 0) is 83.1 Å². The molecule has 0 atom stereocenters. The minimum atomic E-state index is -0.459. The number of amides is 3. The zero-order valence-electron chi connectivity index (χ0n) is 25.4. The highest BCUT2D eigenvalue weighted by Crippen LogP contribution is 2.28. The summed E-state index contributed by atoms with van der Waals surface area (Å²) in [7, 11) is 0. The van der Waals surface area contributed by atoms with Crippen LogP contribution in [0.25, 0.3) is 16.8 Å². The summed E-state index contributed by atoms with van der Waals surface area (Å²) in [4.78, 5) is 42.7. The molecule has 0 saturated carbocycles. The molecule has 0 bridgehead atoms. The van der Waals surface area contributed by atoms with Crippen LogP contribution in [0.3, 0.4) is 0 Å². The fourth-order valence-corrected chi connectivity index (χ4v) is 5.86. The summed E-state index contributed by atoms with van der Waals surface area (Å²) in [5, 5.41) is 7.71. The van der Waals surface area contributed by atoms with E-state index in [-0.39, 0.29) is 23.3 Å². The molecule has 6 rings (SSSR count). The molecule has 6 aromatic carbocycles. The highest BCUT2D eigenvalue weighted by atomic mass is 32.2. The number of hydrogen-bond donors (Lipinski definition) is 2. The van der Waals surface area contributed by atoms with Gasteiger partial charge in [0.15, 0.2) is 0 Å². The van der Waals surface area contributed by atoms with E-state index in [0.29, 0.717) is 11.3 Å². The maximum absolute atomic E-state index is 13.6. The summed E-state index contributed by atoms with van der Waals surface area (Å²) >= 11 is 1.42. The van der Waals surface area contributed by atoms with Gasteiger partial charge in [-0.25, -0.2) is 0 Å². The maximum atomic E-state index is 13.6. The molecule has 0 aliphatic rings. The van der Waals surface area contributed by atoms with Gasteiger partial charge in [-0.3, -0.25) is 19.3 Å². The van der Waals surface area contributed by atoms with Crippen molar-refractivity contribution in [2.45, 2.75) is 4.90 Å². The molecule has 0 heterocycles. The first-order valence-corrected chi connectivity index (χ1v) is 16.1. The summed E-state index contributed by atoms with van der Waals surface area (Å²) in [5.74, 6) is -0.677. The van der Waals surface area contributed by atoms with Crippen LogP contribution in [0.4, 0.5) is 17.1 Å². The van der Waals surface area contributed by atoms with Crippen molar-refractivity contribution in [3.05, 3.63) is 175 Å². The van der Waals surface area contributed by atoms with Crippen LogP contribution in [0.5, 0.6) is 0 Å². The van der Waals surface area contributed by atoms with Crippen molar-refractivity contribution < 1.29 is 14.4 Å². The molecule has 230 valence electrons. The van der Waals surface area contributed by atoms with Gasteiger partial charge in [0.2, 0.25) is 5.91 Å². The molecule has 0 radical (unpaired) electrons. The molecule has 0 unspecified atom stereocenters. The van der Waals surface area contributed by atoms with Gasteiger partial charge in [0, 0.05) is 27.5 Å². The zero-order valence-corrected chi connectivity index (χ0v) is 26.2. The largest absolute Gasteiger partial charge is 0.321 e. The van der Waals surface area contributed by atoms with Gasteiger partial charge in [-0.2, -0.15) is 0 Å². The molecule has 0 aliphatic carbocycles. The van der Waals surface area contributed by atoms with Crippen LogP contribution in [0.15, 0.2) is 168 Å². The number of hydrogen-bond acceptors (Lipinski definition) is 4. The predicted molar refractivity (Wildman–Crippen MR) is 192 cm³/mol. The first kappa shape index (κ1) is 31.1. The fourth-order valence-electron chi connectivity index (χ4n) is 5.11. The summed E-state index contributed by atoms with van der Waals surface area (Å²) in [6.07, 6.45) is 1.69. The van der Waals surface area contributed by atoms with Gasteiger partial charge in [0.25, 0.3) is 11.8 Å². The number of carbonyl (C=O) groups excluding carboxylic acids is 3. The third-order valence-electron chi connectivity index (χ3n) is 7.40. The van der Waals surface area contributed by atoms with Crippen LogP contribution in [0.2, 0.25) is 0 Å². The number of anilines is 3. The monoisotopic (exact) mass is 633 g/mol. The number of nitrogens with one attached hydrogen (secondary N) is 2. The number of rotatable bonds is 10. The first-order valence-electron chi connectivity index (χ1n) is 15.1. The minimum Gasteiger partial charge on any atom is -0.321 e. The Balaban J connectivity index is 1.17. The first-order chi connectivity index (χ1) is 23.0. The molecule has 0 spiro atoms. The second-order valence-corrected chi connectivity index (χ2v) is 11.7. The summed E-state index contributed by atoms with van der Waals surface area (Å²) in [6.45, 7) is 0. The normalized spacial score (nSPS) is 11.1. The Morgan fingerprint density at radius 1 is 0.617 bits per heavy atom. The van der Waals surface area contributed by atoms with Crippen LogP contribution in [0.1, 0.15) is 15.9 Å². The molecule has 2 N–H and O–H groups in total. The molecule has 0 saturated heterocycles. The van der Waals surface area contributed by atoms with Crippen molar-refractivity contribution in [3.8, 4) is 0 Å². The Kier molecular flexibility index (Phi) is 9.86. The molecular weight excluding hydrogens is 603 g/mol. The van der Waals surface area contributed by atoms with Gasteiger partial charge in [0.05, 0.1) is 5.75 Å². The molecule has 6 nitrogen and oxygen atoms in total. The number of carbonyl (C=O) groups is 3. The summed E-state index contributed by atoms with van der Waals surface area (Å²) < 4.78 is 0. The van der Waals surface area contributed by atoms with Crippen LogP contribution >= 0.6 is 11.8 Å². The lowest BCUT2D eigenvalue weighted by Gasteiger charge is -2.23. The van der Waals surface area contributed by atoms with E-state index < -0.39 is 5.91 Å². The van der Waals surface area contributed by atoms with E-state index in [1.165, 1.54) is 11.8 Å². The van der Waals surface area contributed by atoms with Crippen molar-refractivity contribution in [1.29, 1.82) is 0 Å². The molecule has 7 heteroatoms. The molecule has 6 aromatic rings. The van der Waals surface area contributed by atoms with Crippen LogP contribution in [-0.4, -0.2) is 23.5 Å². The molecule has 0 fully saturated rings. The van der Waals surface area contributed by atoms with Crippen molar-refractivity contribution in [2.75, 3.05) is 16.0 Å². The second kappa shape index (κ2) is 14.9. The van der Waals surface area contributed by atoms with E-state index in [0.717, 1.165) is 32.6 Å². The SMILES string of the molecule is O=C(Nc1ccc(SCC(=O)N(c2ccccc2)c2ccccc2)cc1)/C(=C/c1cccc2ccccc12)NC(=O)c1ccccc1. The quantitative estimate of drug-likeness (QED) is 0.117. The number of para-hydroxylation sites is 2. The van der Waals surface area contributed by atoms with Crippen molar-refractivity contribution in [3.63, 3.8) is 0 Å². The highest BCUT2D eigenvalue weighted by molar-refractivity contribution is 8.00. The van der Waals surface area contributed by atoms with E-state index >= 15 is 0 Å². The molecule has 3 amide bonds. The number of nitrogens with zero attached hydrogens (tertiary/aromatic N) is 1. The Morgan fingerprint density at radius 3 is 1.85 bits per heavy atom. The number of fused-ring (bicyclic) bond motifs is 1. The summed E-state index contributed by atoms with van der Waals surface area (Å²) in [6, 6.07) is 48.9. The van der Waals surface area contributed by atoms with E-state index in [9.17, 15) is 14.4 Å². The third kappa shape index (κ3) is 7.84. The standard InChI is InChI=1S/C40H31N3O3S/c44-38(43(33-18-6-2-7-19-33)34-20-8-3-9-21-34)28-47-35-25-23-32(24-26-35)41-40(46)37(42-39(45)30-14-4-1-5-15-30)27-31-17-12-16-29-13-10-11-22-36(29)31/h1-27H,28H2,(H,41,46)(H,42,45)/b37-27-. The zero-order chi connectivity index (χ0) is 32.4. The predicted octanol–water partition coefficient (Wildman–Crippen LogP) is 8.71. The van der Waals surface area contributed by atoms with Gasteiger partial charge < -0.3 is 10.6 Å². The topological polar surface area (TPSA) is 78.5 Å². The Labute approximate surface area is 277 Å². The summed E-state index contributed by atoms with van der Waals surface area (Å²) in [5.41, 5.74) is 3.51. The van der Waals surface area contributed by atoms with Gasteiger partial charge in [-0.1, -0.05) is 97.1 Å². The van der Waals surface area contributed by atoms with Gasteiger partial charge in [-0.15, -0.1) is 11.8 Å². The smallest absolute Gasteiger partial charge is 0.272 e. The van der Waals surface area contributed by atoms with Crippen molar-refractivity contribution >= 4 is 63.4 Å². The molecule has 47 heavy (non-hydrogen) atoms. The second-order valence-electron chi connectivity index (χ2n) is 10.6. The fraction of sp³-hybridized carbons (Fsp3) is 0.0250. The van der Waals surface area contributed by atoms with E-state index in [1.54, 1.807) is 47.4 Å². The van der Waals surface area contributed by atoms with Crippen LogP contribution in [-0.2, 0) is 9.59 Å². The average Bonchev–Trinajstić information content (AvgIpc) is 3.12. The number of benzene rings is 6. The Morgan fingerprint density at radius 2 is 1.19 bits per heavy atom. The van der Waals surface area contributed by atoms with Gasteiger partial charge >= 0.3 is 0 Å². The van der Waals surface area contributed by atoms with Crippen molar-refractivity contribution in [2.24, 2.45) is 0 Å². The van der Waals surface area contributed by atoms with E-state index in [1.807, 2.05) is 121 Å². The van der Waals surface area contributed by atoms with Gasteiger partial charge in [0.1, 0.15) is 5.70 Å². The lowest BCUT2D eigenvalue weighted by molar-refractivity contribution is -0.115. The molecule has 0 aliphatic heterocycles. The Hall–Kier alpha value is -5.92. The lowest BCUT2D eigenvalue weighted by Crippen LogP contribution is -2.30. The minimum absolute atomic E-state index is 0.0536. The Bertz CT molecular complexity index is 1990. The van der Waals surface area contributed by atoms with Crippen LogP contribution < -0.4 is 15.5 Å². The van der Waals surface area contributed by atoms with Crippen molar-refractivity contribution in [1.82, 2.24) is 5.32 Å².